The predicted octanol–water partition coefficient (Wildman–Crippen LogP) is 2.00. The molecule has 0 aliphatic rings. The average molecular weight is 274 g/mol. The summed E-state index contributed by atoms with van der Waals surface area (Å²) >= 11 is 5.88. The van der Waals surface area contributed by atoms with Crippen LogP contribution in [0.4, 0.5) is 0 Å². The second kappa shape index (κ2) is 8.24. The monoisotopic (exact) mass is 273 g/mol. The Balaban J connectivity index is 2.51. The van der Waals surface area contributed by atoms with Gasteiger partial charge in [0.25, 0.3) is 0 Å². The summed E-state index contributed by atoms with van der Waals surface area (Å²) in [7, 11) is 1.59. The van der Waals surface area contributed by atoms with Gasteiger partial charge in [0.05, 0.1) is 0 Å². The van der Waals surface area contributed by atoms with Gasteiger partial charge in [0.15, 0.2) is 5.82 Å². The fourth-order valence-corrected chi connectivity index (χ4v) is 1.72. The van der Waals surface area contributed by atoms with Gasteiger partial charge in [-0.1, -0.05) is 25.4 Å². The number of aromatic nitrogens is 2. The molecule has 0 aliphatic heterocycles. The third kappa shape index (κ3) is 5.16. The zero-order valence-electron chi connectivity index (χ0n) is 11.1. The highest BCUT2D eigenvalue weighted by atomic mass is 35.5. The molecule has 0 fully saturated rings. The molecule has 1 aromatic heterocycles. The number of rotatable bonds is 8. The molecule has 6 heteroatoms. The summed E-state index contributed by atoms with van der Waals surface area (Å²) in [6, 6.07) is 1.61. The van der Waals surface area contributed by atoms with Crippen molar-refractivity contribution in [3.8, 4) is 5.88 Å². The van der Waals surface area contributed by atoms with Crippen LogP contribution in [0.3, 0.4) is 0 Å². The highest BCUT2D eigenvalue weighted by Crippen LogP contribution is 2.14. The minimum Gasteiger partial charge on any atom is -0.476 e. The molecule has 0 aliphatic carbocycles. The van der Waals surface area contributed by atoms with Gasteiger partial charge in [-0.05, 0) is 13.1 Å². The van der Waals surface area contributed by atoms with E-state index in [0.29, 0.717) is 30.1 Å². The molecular formula is C12H20ClN3O2. The van der Waals surface area contributed by atoms with Crippen LogP contribution < -0.4 is 4.74 Å². The van der Waals surface area contributed by atoms with Gasteiger partial charge in [-0.15, -0.1) is 0 Å². The summed E-state index contributed by atoms with van der Waals surface area (Å²) in [6.45, 7) is 8.06. The second-order valence-corrected chi connectivity index (χ2v) is 4.14. The molecule has 0 saturated carbocycles. The number of nitrogens with zero attached hydrogens (tertiary/aromatic N) is 3. The van der Waals surface area contributed by atoms with Gasteiger partial charge in [-0.25, -0.2) is 4.98 Å². The van der Waals surface area contributed by atoms with Crippen molar-refractivity contribution in [2.75, 3.05) is 33.4 Å². The van der Waals surface area contributed by atoms with Gasteiger partial charge in [0, 0.05) is 19.7 Å². The predicted molar refractivity (Wildman–Crippen MR) is 71.0 cm³/mol. The van der Waals surface area contributed by atoms with Gasteiger partial charge in [0.2, 0.25) is 5.88 Å². The smallest absolute Gasteiger partial charge is 0.218 e. The molecule has 0 amide bonds. The van der Waals surface area contributed by atoms with E-state index in [9.17, 15) is 0 Å². The van der Waals surface area contributed by atoms with E-state index in [1.54, 1.807) is 13.2 Å². The summed E-state index contributed by atoms with van der Waals surface area (Å²) in [6.07, 6.45) is 0. The fourth-order valence-electron chi connectivity index (χ4n) is 1.53. The minimum atomic E-state index is 0.326. The molecule has 1 rings (SSSR count). The first-order valence-electron chi connectivity index (χ1n) is 6.07. The number of likely N-dealkylation sites (N-methyl/N-ethyl adjacent to an activating group) is 1. The highest BCUT2D eigenvalue weighted by Gasteiger charge is 2.05. The van der Waals surface area contributed by atoms with Crippen LogP contribution >= 0.6 is 11.6 Å². The molecular weight excluding hydrogens is 254 g/mol. The molecule has 0 radical (unpaired) electrons. The average Bonchev–Trinajstić information content (AvgIpc) is 2.34. The van der Waals surface area contributed by atoms with E-state index in [1.807, 2.05) is 0 Å². The van der Waals surface area contributed by atoms with Crippen molar-refractivity contribution in [1.29, 1.82) is 0 Å². The lowest BCUT2D eigenvalue weighted by Crippen LogP contribution is -2.28. The normalized spacial score (nSPS) is 10.9. The SMILES string of the molecule is CCN(CC)CCOc1cc(Cl)nc(COC)n1. The maximum atomic E-state index is 5.88. The van der Waals surface area contributed by atoms with Crippen LogP contribution in [0.1, 0.15) is 19.7 Å². The molecule has 18 heavy (non-hydrogen) atoms. The van der Waals surface area contributed by atoms with Crippen LogP contribution in [0.15, 0.2) is 6.07 Å². The van der Waals surface area contributed by atoms with E-state index in [2.05, 4.69) is 28.7 Å². The maximum absolute atomic E-state index is 5.88. The van der Waals surface area contributed by atoms with Crippen molar-refractivity contribution < 1.29 is 9.47 Å². The second-order valence-electron chi connectivity index (χ2n) is 3.75. The van der Waals surface area contributed by atoms with E-state index < -0.39 is 0 Å². The van der Waals surface area contributed by atoms with Gasteiger partial charge >= 0.3 is 0 Å². The van der Waals surface area contributed by atoms with E-state index in [1.165, 1.54) is 0 Å². The fraction of sp³-hybridized carbons (Fsp3) is 0.667. The molecule has 0 saturated heterocycles. The van der Waals surface area contributed by atoms with Crippen molar-refractivity contribution in [3.05, 3.63) is 17.0 Å². The molecule has 0 N–H and O–H groups in total. The van der Waals surface area contributed by atoms with Crippen LogP contribution in [0.25, 0.3) is 0 Å². The molecule has 0 spiro atoms. The Hall–Kier alpha value is -0.910. The first-order valence-corrected chi connectivity index (χ1v) is 6.44. The number of hydrogen-bond donors (Lipinski definition) is 0. The molecule has 0 atom stereocenters. The quantitative estimate of drug-likeness (QED) is 0.678. The Kier molecular flexibility index (Phi) is 6.93. The van der Waals surface area contributed by atoms with E-state index >= 15 is 0 Å². The third-order valence-electron chi connectivity index (χ3n) is 2.54. The molecule has 102 valence electrons. The minimum absolute atomic E-state index is 0.326. The number of ether oxygens (including phenoxy) is 2. The van der Waals surface area contributed by atoms with Crippen LogP contribution in [-0.2, 0) is 11.3 Å². The van der Waals surface area contributed by atoms with Gasteiger partial charge in [-0.3, -0.25) is 0 Å². The van der Waals surface area contributed by atoms with Crippen LogP contribution in [0, 0.1) is 0 Å². The lowest BCUT2D eigenvalue weighted by Gasteiger charge is -2.17. The Morgan fingerprint density at radius 1 is 1.28 bits per heavy atom. The standard InChI is InChI=1S/C12H20ClN3O2/c1-4-16(5-2)6-7-18-12-8-10(13)14-11(15-12)9-17-3/h8H,4-7,9H2,1-3H3. The van der Waals surface area contributed by atoms with Crippen molar-refractivity contribution in [2.45, 2.75) is 20.5 Å². The zero-order chi connectivity index (χ0) is 13.4. The molecule has 5 nitrogen and oxygen atoms in total. The van der Waals surface area contributed by atoms with Crippen LogP contribution in [0.5, 0.6) is 5.88 Å². The lowest BCUT2D eigenvalue weighted by molar-refractivity contribution is 0.175. The Morgan fingerprint density at radius 2 is 2.00 bits per heavy atom. The summed E-state index contributed by atoms with van der Waals surface area (Å²) in [5.41, 5.74) is 0. The van der Waals surface area contributed by atoms with Gasteiger partial charge < -0.3 is 14.4 Å². The Morgan fingerprint density at radius 3 is 2.61 bits per heavy atom. The van der Waals surface area contributed by atoms with Crippen molar-refractivity contribution in [3.63, 3.8) is 0 Å². The van der Waals surface area contributed by atoms with Crippen molar-refractivity contribution in [2.24, 2.45) is 0 Å². The topological polar surface area (TPSA) is 47.5 Å². The molecule has 1 heterocycles. The number of methoxy groups -OCH3 is 1. The van der Waals surface area contributed by atoms with Gasteiger partial charge in [-0.2, -0.15) is 4.98 Å². The Labute approximate surface area is 113 Å². The third-order valence-corrected chi connectivity index (χ3v) is 2.74. The molecule has 0 unspecified atom stereocenters. The first kappa shape index (κ1) is 15.1. The summed E-state index contributed by atoms with van der Waals surface area (Å²) < 4.78 is 10.5. The van der Waals surface area contributed by atoms with E-state index in [-0.39, 0.29) is 0 Å². The lowest BCUT2D eigenvalue weighted by atomic mass is 10.5. The van der Waals surface area contributed by atoms with Gasteiger partial charge in [0.1, 0.15) is 18.4 Å². The van der Waals surface area contributed by atoms with E-state index in [4.69, 9.17) is 21.1 Å². The van der Waals surface area contributed by atoms with E-state index in [0.717, 1.165) is 19.6 Å². The van der Waals surface area contributed by atoms with Crippen molar-refractivity contribution in [1.82, 2.24) is 14.9 Å². The summed E-state index contributed by atoms with van der Waals surface area (Å²) in [5.74, 6) is 1.03. The van der Waals surface area contributed by atoms with Crippen LogP contribution in [0.2, 0.25) is 5.15 Å². The first-order chi connectivity index (χ1) is 8.69. The number of hydrogen-bond acceptors (Lipinski definition) is 5. The number of halogens is 1. The van der Waals surface area contributed by atoms with Crippen LogP contribution in [-0.4, -0.2) is 48.2 Å². The zero-order valence-corrected chi connectivity index (χ0v) is 11.9. The molecule has 0 bridgehead atoms. The van der Waals surface area contributed by atoms with Crippen molar-refractivity contribution >= 4 is 11.6 Å². The largest absolute Gasteiger partial charge is 0.476 e. The highest BCUT2D eigenvalue weighted by molar-refractivity contribution is 6.29. The maximum Gasteiger partial charge on any atom is 0.218 e. The summed E-state index contributed by atoms with van der Waals surface area (Å²) in [5, 5.41) is 0.370. The summed E-state index contributed by atoms with van der Waals surface area (Å²) in [4.78, 5) is 10.5. The molecule has 1 aromatic rings. The molecule has 0 aromatic carbocycles. The Bertz CT molecular complexity index is 359.